The molecular weight excluding hydrogens is 817 g/mol. The van der Waals surface area contributed by atoms with Gasteiger partial charge in [0.05, 0.1) is 33.1 Å². The van der Waals surface area contributed by atoms with E-state index in [0.29, 0.717) is 17.6 Å². The Labute approximate surface area is 389 Å². The van der Waals surface area contributed by atoms with Gasteiger partial charge in [0, 0.05) is 54.8 Å². The van der Waals surface area contributed by atoms with E-state index in [1.54, 1.807) is 0 Å². The van der Waals surface area contributed by atoms with Crippen LogP contribution in [0.15, 0.2) is 170 Å². The van der Waals surface area contributed by atoms with Crippen molar-refractivity contribution in [2.75, 3.05) is 0 Å². The van der Waals surface area contributed by atoms with Crippen LogP contribution in [0.5, 0.6) is 0 Å². The van der Waals surface area contributed by atoms with E-state index < -0.39 is 0 Å². The number of para-hydroxylation sites is 2. The predicted molar refractivity (Wildman–Crippen MR) is 279 cm³/mol. The monoisotopic (exact) mass is 866 g/mol. The molecule has 0 fully saturated rings. The quantitative estimate of drug-likeness (QED) is 0.173. The van der Waals surface area contributed by atoms with Gasteiger partial charge < -0.3 is 9.13 Å². The fourth-order valence-corrected chi connectivity index (χ4v) is 10.9. The first kappa shape index (κ1) is 39.5. The van der Waals surface area contributed by atoms with Crippen LogP contribution in [0, 0.1) is 0 Å². The summed E-state index contributed by atoms with van der Waals surface area (Å²) in [6.07, 6.45) is 1.82. The zero-order valence-corrected chi connectivity index (χ0v) is 38.8. The normalized spacial score (nSPS) is 13.1. The maximum atomic E-state index is 5.43. The summed E-state index contributed by atoms with van der Waals surface area (Å²) in [5.74, 6) is 1.86. The van der Waals surface area contributed by atoms with Crippen molar-refractivity contribution in [3.8, 4) is 40.1 Å². The highest BCUT2D eigenvalue weighted by Crippen LogP contribution is 2.45. The van der Waals surface area contributed by atoms with Gasteiger partial charge in [-0.2, -0.15) is 9.97 Å². The molecule has 0 spiro atoms. The van der Waals surface area contributed by atoms with Crippen molar-refractivity contribution in [1.29, 1.82) is 0 Å². The molecule has 0 unspecified atom stereocenters. The summed E-state index contributed by atoms with van der Waals surface area (Å²) in [5.41, 5.74) is 16.4. The highest BCUT2D eigenvalue weighted by molar-refractivity contribution is 6.16. The number of hydrogen-bond acceptors (Lipinski definition) is 3. The number of fused-ring (bicyclic) bond motifs is 6. The molecule has 0 radical (unpaired) electrons. The van der Waals surface area contributed by atoms with E-state index in [0.717, 1.165) is 46.4 Å². The molecule has 0 aliphatic heterocycles. The number of benzene rings is 8. The molecule has 0 amide bonds. The highest BCUT2D eigenvalue weighted by Gasteiger charge is 2.28. The van der Waals surface area contributed by atoms with Gasteiger partial charge in [-0.3, -0.25) is 4.57 Å². The fourth-order valence-electron chi connectivity index (χ4n) is 10.9. The average molecular weight is 867 g/mol. The van der Waals surface area contributed by atoms with E-state index >= 15 is 0 Å². The Hall–Kier alpha value is -7.83. The van der Waals surface area contributed by atoms with Gasteiger partial charge in [-0.1, -0.05) is 151 Å². The van der Waals surface area contributed by atoms with Gasteiger partial charge in [0.25, 0.3) is 0 Å². The minimum Gasteiger partial charge on any atom is -0.309 e. The first-order chi connectivity index (χ1) is 32.5. The van der Waals surface area contributed by atoms with Crippen molar-refractivity contribution in [2.45, 2.75) is 65.2 Å². The molecule has 0 N–H and O–H groups in total. The summed E-state index contributed by atoms with van der Waals surface area (Å²) in [5, 5.41) is 7.57. The molecule has 0 atom stereocenters. The van der Waals surface area contributed by atoms with Gasteiger partial charge in [0.1, 0.15) is 0 Å². The summed E-state index contributed by atoms with van der Waals surface area (Å²) in [7, 11) is 0. The van der Waals surface area contributed by atoms with Crippen LogP contribution < -0.4 is 0 Å². The molecule has 12 aromatic rings. The highest BCUT2D eigenvalue weighted by atomic mass is 15.2. The van der Waals surface area contributed by atoms with Crippen LogP contribution in [-0.2, 0) is 23.7 Å². The van der Waals surface area contributed by atoms with Crippen LogP contribution in [0.2, 0.25) is 0 Å². The second kappa shape index (κ2) is 14.3. The van der Waals surface area contributed by atoms with E-state index in [9.17, 15) is 0 Å². The van der Waals surface area contributed by atoms with Crippen LogP contribution in [0.3, 0.4) is 0 Å². The number of rotatable bonds is 5. The molecular formula is C61H50N6. The molecule has 0 saturated carbocycles. The molecule has 6 nitrogen and oxygen atoms in total. The number of aromatic nitrogens is 6. The molecule has 1 aliphatic carbocycles. The molecule has 4 heterocycles. The molecule has 4 aromatic heterocycles. The first-order valence-corrected chi connectivity index (χ1v) is 23.6. The Kier molecular flexibility index (Phi) is 8.46. The number of hydrogen-bond donors (Lipinski definition) is 0. The molecule has 0 bridgehead atoms. The topological polar surface area (TPSA) is 53.5 Å². The van der Waals surface area contributed by atoms with Crippen molar-refractivity contribution in [3.63, 3.8) is 0 Å². The molecule has 13 rings (SSSR count). The third-order valence-corrected chi connectivity index (χ3v) is 14.2. The van der Waals surface area contributed by atoms with Crippen LogP contribution in [-0.4, -0.2) is 28.7 Å². The van der Waals surface area contributed by atoms with Crippen LogP contribution in [0.1, 0.15) is 63.8 Å². The van der Waals surface area contributed by atoms with Gasteiger partial charge in [0.15, 0.2) is 11.6 Å². The maximum Gasteiger partial charge on any atom is 0.238 e. The van der Waals surface area contributed by atoms with Crippen LogP contribution in [0.25, 0.3) is 106 Å². The van der Waals surface area contributed by atoms with Gasteiger partial charge in [-0.25, -0.2) is 4.98 Å². The Morgan fingerprint density at radius 1 is 0.358 bits per heavy atom. The number of aryl methyl sites for hydroxylation is 2. The Morgan fingerprint density at radius 3 is 1.19 bits per heavy atom. The molecule has 6 heteroatoms. The van der Waals surface area contributed by atoms with Crippen molar-refractivity contribution >= 4 is 65.4 Å². The van der Waals surface area contributed by atoms with E-state index in [1.807, 2.05) is 36.4 Å². The van der Waals surface area contributed by atoms with Crippen molar-refractivity contribution in [2.24, 2.45) is 0 Å². The van der Waals surface area contributed by atoms with Gasteiger partial charge >= 0.3 is 0 Å². The van der Waals surface area contributed by atoms with E-state index in [2.05, 4.69) is 189 Å². The smallest absolute Gasteiger partial charge is 0.238 e. The summed E-state index contributed by atoms with van der Waals surface area (Å²) in [6, 6.07) is 62.0. The fraction of sp³-hybridized carbons (Fsp3) is 0.164. The Bertz CT molecular complexity index is 3800. The minimum atomic E-state index is 0.00576. The minimum absolute atomic E-state index is 0.00576. The average Bonchev–Trinajstić information content (AvgIpc) is 3.98. The lowest BCUT2D eigenvalue weighted by atomic mass is 9.85. The second-order valence-corrected chi connectivity index (χ2v) is 20.5. The van der Waals surface area contributed by atoms with Crippen LogP contribution in [0.4, 0.5) is 0 Å². The SMILES string of the molecule is CC(C)(C)c1ccc2c(c1)c1cc(C(C)(C)C)ccc1n2-c1cc2c3c4c(cc(-n5c6ccccc6c6ccccc65)cc4n(-c4nc(-c5ccccc5)nc(-c5ccccc5)n4)c3c1)CC2. The van der Waals surface area contributed by atoms with E-state index in [1.165, 1.54) is 76.6 Å². The number of nitrogens with zero attached hydrogens (tertiary/aromatic N) is 6. The Morgan fingerprint density at radius 2 is 0.761 bits per heavy atom. The lowest BCUT2D eigenvalue weighted by molar-refractivity contribution is 0.590. The summed E-state index contributed by atoms with van der Waals surface area (Å²) in [6.45, 7) is 13.8. The van der Waals surface area contributed by atoms with Crippen LogP contribution >= 0.6 is 0 Å². The lowest BCUT2D eigenvalue weighted by Crippen LogP contribution is -2.10. The van der Waals surface area contributed by atoms with E-state index in [4.69, 9.17) is 15.0 Å². The van der Waals surface area contributed by atoms with Crippen molar-refractivity contribution in [1.82, 2.24) is 28.7 Å². The summed E-state index contributed by atoms with van der Waals surface area (Å²) < 4.78 is 7.28. The second-order valence-electron chi connectivity index (χ2n) is 20.5. The summed E-state index contributed by atoms with van der Waals surface area (Å²) in [4.78, 5) is 16.0. The van der Waals surface area contributed by atoms with E-state index in [-0.39, 0.29) is 10.8 Å². The summed E-state index contributed by atoms with van der Waals surface area (Å²) >= 11 is 0. The van der Waals surface area contributed by atoms with Gasteiger partial charge in [-0.15, -0.1) is 0 Å². The first-order valence-electron chi connectivity index (χ1n) is 23.6. The standard InChI is InChI=1S/C61H50N6/c1-60(2,3)41-27-29-51-47(33-41)48-34-42(61(4,5)6)28-30-52(48)66(51)44-32-40-26-25-39-31-43(65-49-23-15-13-21-45(49)46-22-14-16-24-50(46)65)35-53-55(39)56(40)54(36-44)67(53)59-63-57(37-17-9-7-10-18-37)62-58(64-59)38-19-11-8-12-20-38/h7-24,27-36H,25-26H2,1-6H3. The largest absolute Gasteiger partial charge is 0.309 e. The molecule has 8 aromatic carbocycles. The third kappa shape index (κ3) is 6.12. The molecule has 324 valence electrons. The zero-order valence-electron chi connectivity index (χ0n) is 38.8. The maximum absolute atomic E-state index is 5.43. The Balaban J connectivity index is 1.16. The molecule has 1 aliphatic rings. The van der Waals surface area contributed by atoms with Crippen molar-refractivity contribution in [3.05, 3.63) is 192 Å². The third-order valence-electron chi connectivity index (χ3n) is 14.2. The molecule has 0 saturated heterocycles. The zero-order chi connectivity index (χ0) is 45.3. The van der Waals surface area contributed by atoms with Gasteiger partial charge in [-0.05, 0) is 107 Å². The predicted octanol–water partition coefficient (Wildman–Crippen LogP) is 15.2. The van der Waals surface area contributed by atoms with Gasteiger partial charge in [0.2, 0.25) is 5.95 Å². The van der Waals surface area contributed by atoms with Crippen molar-refractivity contribution < 1.29 is 0 Å². The lowest BCUT2D eigenvalue weighted by Gasteiger charge is -2.19. The molecule has 67 heavy (non-hydrogen) atoms.